The monoisotopic (exact) mass is 301 g/mol. The lowest BCUT2D eigenvalue weighted by Gasteiger charge is -2.27. The number of hydrogen-bond acceptors (Lipinski definition) is 2. The molecule has 0 aliphatic rings. The average Bonchev–Trinajstić information content (AvgIpc) is 2.77. The summed E-state index contributed by atoms with van der Waals surface area (Å²) in [6.07, 6.45) is 0.765. The van der Waals surface area contributed by atoms with Crippen molar-refractivity contribution in [2.45, 2.75) is 46.1 Å². The maximum absolute atomic E-state index is 9.45. The molecule has 0 saturated heterocycles. The first kappa shape index (κ1) is 16.6. The molecule has 1 N–H and O–H groups in total. The average molecular weight is 301 g/mol. The Balaban J connectivity index is 2.48. The molecule has 2 aromatic rings. The summed E-state index contributed by atoms with van der Waals surface area (Å²) >= 11 is 0. The summed E-state index contributed by atoms with van der Waals surface area (Å²) in [6.45, 7) is 13.9. The van der Waals surface area contributed by atoms with Gasteiger partial charge in [-0.15, -0.1) is 0 Å². The first-order valence-corrected chi connectivity index (χ1v) is 7.91. The van der Waals surface area contributed by atoms with Crippen molar-refractivity contribution in [1.29, 1.82) is 0 Å². The van der Waals surface area contributed by atoms with Crippen LogP contribution in [-0.4, -0.2) is 22.9 Å². The Kier molecular flexibility index (Phi) is 4.97. The van der Waals surface area contributed by atoms with Crippen molar-refractivity contribution in [1.82, 2.24) is 4.57 Å². The molecule has 120 valence electrons. The summed E-state index contributed by atoms with van der Waals surface area (Å²) in [7, 11) is 0. The number of aliphatic hydroxyl groups excluding tert-OH is 1. The molecule has 1 aromatic heterocycles. The Morgan fingerprint density at radius 3 is 2.68 bits per heavy atom. The number of ether oxygens (including phenoxy) is 1. The molecule has 1 heterocycles. The molecule has 3 nitrogen and oxygen atoms in total. The third-order valence-electron chi connectivity index (χ3n) is 4.06. The highest BCUT2D eigenvalue weighted by Gasteiger charge is 2.27. The number of aryl methyl sites for hydroxylation is 1. The second-order valence-electron chi connectivity index (χ2n) is 6.50. The molecule has 0 bridgehead atoms. The van der Waals surface area contributed by atoms with Crippen LogP contribution in [0.3, 0.4) is 0 Å². The summed E-state index contributed by atoms with van der Waals surface area (Å²) in [5.74, 6) is 0.810. The highest BCUT2D eigenvalue weighted by atomic mass is 16.5. The fourth-order valence-electron chi connectivity index (χ4n) is 3.13. The van der Waals surface area contributed by atoms with Crippen molar-refractivity contribution in [2.75, 3.05) is 13.2 Å². The number of fused-ring (bicyclic) bond motifs is 1. The van der Waals surface area contributed by atoms with Crippen LogP contribution in [0.25, 0.3) is 10.9 Å². The molecule has 0 aliphatic heterocycles. The minimum atomic E-state index is -0.103. The van der Waals surface area contributed by atoms with Crippen LogP contribution in [0, 0.1) is 6.92 Å². The maximum Gasteiger partial charge on any atom is 0.0897 e. The first-order chi connectivity index (χ1) is 10.4. The van der Waals surface area contributed by atoms with Crippen molar-refractivity contribution in [3.05, 3.63) is 47.9 Å². The second kappa shape index (κ2) is 6.57. The highest BCUT2D eigenvalue weighted by molar-refractivity contribution is 5.82. The lowest BCUT2D eigenvalue weighted by molar-refractivity contribution is 0.203. The van der Waals surface area contributed by atoms with Crippen molar-refractivity contribution in [3.63, 3.8) is 0 Å². The largest absolute Gasteiger partial charge is 0.499 e. The van der Waals surface area contributed by atoms with E-state index in [1.165, 1.54) is 22.2 Å². The Labute approximate surface area is 133 Å². The Morgan fingerprint density at radius 2 is 2.05 bits per heavy atom. The van der Waals surface area contributed by atoms with Crippen molar-refractivity contribution in [3.8, 4) is 0 Å². The number of aromatic nitrogens is 1. The van der Waals surface area contributed by atoms with Crippen molar-refractivity contribution in [2.24, 2.45) is 0 Å². The molecule has 0 atom stereocenters. The van der Waals surface area contributed by atoms with Gasteiger partial charge in [0, 0.05) is 35.0 Å². The van der Waals surface area contributed by atoms with Gasteiger partial charge in [0.05, 0.1) is 19.0 Å². The smallest absolute Gasteiger partial charge is 0.0897 e. The third-order valence-corrected chi connectivity index (χ3v) is 4.06. The molecular weight excluding hydrogens is 274 g/mol. The number of rotatable bonds is 7. The van der Waals surface area contributed by atoms with Crippen LogP contribution in [0.15, 0.2) is 36.6 Å². The molecule has 3 heteroatoms. The van der Waals surface area contributed by atoms with E-state index in [1.54, 1.807) is 0 Å². The second-order valence-corrected chi connectivity index (χ2v) is 6.50. The van der Waals surface area contributed by atoms with Crippen LogP contribution >= 0.6 is 0 Å². The molecule has 0 fully saturated rings. The zero-order chi connectivity index (χ0) is 16.3. The molecule has 1 aromatic carbocycles. The number of hydrogen-bond donors (Lipinski definition) is 1. The summed E-state index contributed by atoms with van der Waals surface area (Å²) < 4.78 is 7.76. The zero-order valence-electron chi connectivity index (χ0n) is 14.1. The molecular formula is C19H27NO2. The van der Waals surface area contributed by atoms with Gasteiger partial charge in [0.2, 0.25) is 0 Å². The fourth-order valence-corrected chi connectivity index (χ4v) is 3.13. The van der Waals surface area contributed by atoms with Gasteiger partial charge < -0.3 is 14.4 Å². The quantitative estimate of drug-likeness (QED) is 0.779. The van der Waals surface area contributed by atoms with Gasteiger partial charge >= 0.3 is 0 Å². The highest BCUT2D eigenvalue weighted by Crippen LogP contribution is 2.34. The number of allylic oxidation sites excluding steroid dienone is 1. The summed E-state index contributed by atoms with van der Waals surface area (Å²) in [5.41, 5.74) is 3.53. The molecule has 0 saturated carbocycles. The lowest BCUT2D eigenvalue weighted by Crippen LogP contribution is -2.23. The molecule has 2 rings (SSSR count). The normalized spacial score (nSPS) is 11.9. The zero-order valence-corrected chi connectivity index (χ0v) is 14.1. The van der Waals surface area contributed by atoms with Crippen LogP contribution in [-0.2, 0) is 16.7 Å². The van der Waals surface area contributed by atoms with Gasteiger partial charge in [-0.3, -0.25) is 0 Å². The van der Waals surface area contributed by atoms with E-state index < -0.39 is 0 Å². The molecule has 0 radical (unpaired) electrons. The van der Waals surface area contributed by atoms with Crippen molar-refractivity contribution < 1.29 is 9.84 Å². The summed E-state index contributed by atoms with van der Waals surface area (Å²) in [6, 6.07) is 8.68. The Hall–Kier alpha value is -1.74. The standard InChI is InChI=1S/C19H27NO2/c1-6-22-15(3)13-19(4,5)18-12-16-11-14(2)7-8-17(16)20(18)9-10-21/h7-8,11-12,21H,3,6,9-10,13H2,1-2,4-5H3. The van der Waals surface area contributed by atoms with Crippen LogP contribution in [0.1, 0.15) is 38.4 Å². The lowest BCUT2D eigenvalue weighted by atomic mass is 9.84. The van der Waals surface area contributed by atoms with E-state index in [9.17, 15) is 5.11 Å². The first-order valence-electron chi connectivity index (χ1n) is 7.91. The van der Waals surface area contributed by atoms with Crippen LogP contribution < -0.4 is 0 Å². The van der Waals surface area contributed by atoms with Gasteiger partial charge in [-0.25, -0.2) is 0 Å². The van der Waals surface area contributed by atoms with E-state index in [-0.39, 0.29) is 12.0 Å². The van der Waals surface area contributed by atoms with E-state index in [4.69, 9.17) is 4.74 Å². The molecule has 22 heavy (non-hydrogen) atoms. The minimum Gasteiger partial charge on any atom is -0.499 e. The van der Waals surface area contributed by atoms with E-state index in [2.05, 4.69) is 56.2 Å². The van der Waals surface area contributed by atoms with Gasteiger partial charge in [-0.05, 0) is 32.0 Å². The SMILES string of the molecule is C=C(CC(C)(C)c1cc2cc(C)ccc2n1CCO)OCC. The topological polar surface area (TPSA) is 34.4 Å². The maximum atomic E-state index is 9.45. The number of aliphatic hydroxyl groups is 1. The van der Waals surface area contributed by atoms with Crippen LogP contribution in [0.5, 0.6) is 0 Å². The Morgan fingerprint density at radius 1 is 1.32 bits per heavy atom. The van der Waals surface area contributed by atoms with E-state index >= 15 is 0 Å². The van der Waals surface area contributed by atoms with E-state index in [0.29, 0.717) is 13.2 Å². The van der Waals surface area contributed by atoms with Gasteiger partial charge in [0.15, 0.2) is 0 Å². The van der Waals surface area contributed by atoms with E-state index in [1.807, 2.05) is 6.92 Å². The van der Waals surface area contributed by atoms with Crippen LogP contribution in [0.4, 0.5) is 0 Å². The summed E-state index contributed by atoms with van der Waals surface area (Å²) in [4.78, 5) is 0. The predicted molar refractivity (Wildman–Crippen MR) is 92.2 cm³/mol. The molecule has 0 spiro atoms. The fraction of sp³-hybridized carbons (Fsp3) is 0.474. The third kappa shape index (κ3) is 3.36. The van der Waals surface area contributed by atoms with Gasteiger partial charge in [0.1, 0.15) is 0 Å². The van der Waals surface area contributed by atoms with Gasteiger partial charge in [-0.1, -0.05) is 32.1 Å². The number of nitrogens with zero attached hydrogens (tertiary/aromatic N) is 1. The van der Waals surface area contributed by atoms with Crippen molar-refractivity contribution >= 4 is 10.9 Å². The molecule has 0 unspecified atom stereocenters. The minimum absolute atomic E-state index is 0.103. The molecule has 0 amide bonds. The molecule has 0 aliphatic carbocycles. The predicted octanol–water partition coefficient (Wildman–Crippen LogP) is 4.16. The van der Waals surface area contributed by atoms with Gasteiger partial charge in [-0.2, -0.15) is 0 Å². The number of benzene rings is 1. The van der Waals surface area contributed by atoms with E-state index in [0.717, 1.165) is 12.2 Å². The Bertz CT molecular complexity index is 667. The van der Waals surface area contributed by atoms with Crippen LogP contribution in [0.2, 0.25) is 0 Å². The van der Waals surface area contributed by atoms with Gasteiger partial charge in [0.25, 0.3) is 0 Å². The summed E-state index contributed by atoms with van der Waals surface area (Å²) in [5, 5.41) is 10.7.